The first-order valence-electron chi connectivity index (χ1n) is 4.97. The van der Waals surface area contributed by atoms with Gasteiger partial charge in [-0.25, -0.2) is 8.78 Å². The van der Waals surface area contributed by atoms with E-state index in [1.54, 1.807) is 6.08 Å². The number of hydrogen-bond acceptors (Lipinski definition) is 1. The number of rotatable bonds is 5. The lowest BCUT2D eigenvalue weighted by molar-refractivity contribution is 0.505. The summed E-state index contributed by atoms with van der Waals surface area (Å²) in [7, 11) is 0. The van der Waals surface area contributed by atoms with Crippen LogP contribution < -0.4 is 5.73 Å². The van der Waals surface area contributed by atoms with Gasteiger partial charge in [-0.1, -0.05) is 12.1 Å². The van der Waals surface area contributed by atoms with Crippen LogP contribution in [0, 0.1) is 11.6 Å². The first-order valence-corrected chi connectivity index (χ1v) is 4.97. The molecule has 0 heterocycles. The summed E-state index contributed by atoms with van der Waals surface area (Å²) >= 11 is 0. The number of nitrogens with two attached hydrogens (primary N) is 1. The molecule has 0 saturated heterocycles. The lowest BCUT2D eigenvalue weighted by atomic mass is 10.0. The molecule has 0 aliphatic carbocycles. The molecule has 0 spiro atoms. The van der Waals surface area contributed by atoms with Gasteiger partial charge in [0.1, 0.15) is 11.6 Å². The Hall–Kier alpha value is -1.22. The largest absolute Gasteiger partial charge is 0.324 e. The van der Waals surface area contributed by atoms with Gasteiger partial charge in [0, 0.05) is 11.6 Å². The van der Waals surface area contributed by atoms with Crippen LogP contribution in [-0.4, -0.2) is 0 Å². The van der Waals surface area contributed by atoms with E-state index >= 15 is 0 Å². The van der Waals surface area contributed by atoms with Crippen LogP contribution in [0.15, 0.2) is 30.9 Å². The summed E-state index contributed by atoms with van der Waals surface area (Å²) in [5.74, 6) is -1.14. The highest BCUT2D eigenvalue weighted by atomic mass is 19.1. The van der Waals surface area contributed by atoms with E-state index in [0.29, 0.717) is 6.42 Å². The molecule has 0 amide bonds. The number of halogens is 2. The average molecular weight is 211 g/mol. The Morgan fingerprint density at radius 2 is 1.93 bits per heavy atom. The van der Waals surface area contributed by atoms with Crippen molar-refractivity contribution in [1.82, 2.24) is 0 Å². The highest BCUT2D eigenvalue weighted by Gasteiger charge is 2.15. The fraction of sp³-hybridized carbons (Fsp3) is 0.333. The minimum atomic E-state index is -0.578. The van der Waals surface area contributed by atoms with Crippen molar-refractivity contribution in [3.8, 4) is 0 Å². The van der Waals surface area contributed by atoms with Crippen molar-refractivity contribution in [2.24, 2.45) is 5.73 Å². The molecule has 0 radical (unpaired) electrons. The second-order valence-corrected chi connectivity index (χ2v) is 3.46. The van der Waals surface area contributed by atoms with Gasteiger partial charge in [-0.05, 0) is 31.4 Å². The lowest BCUT2D eigenvalue weighted by Gasteiger charge is -2.13. The zero-order valence-corrected chi connectivity index (χ0v) is 8.55. The number of unbranched alkanes of at least 4 members (excludes halogenated alkanes) is 1. The van der Waals surface area contributed by atoms with Crippen molar-refractivity contribution in [3.63, 3.8) is 0 Å². The zero-order valence-electron chi connectivity index (χ0n) is 8.55. The molecular formula is C12H15F2N. The molecule has 0 bridgehead atoms. The Morgan fingerprint density at radius 3 is 2.47 bits per heavy atom. The van der Waals surface area contributed by atoms with E-state index in [1.807, 2.05) is 0 Å². The Kier molecular flexibility index (Phi) is 4.43. The molecule has 1 aromatic carbocycles. The quantitative estimate of drug-likeness (QED) is 0.586. The molecule has 3 heteroatoms. The molecule has 0 aromatic heterocycles. The van der Waals surface area contributed by atoms with Gasteiger partial charge < -0.3 is 5.73 Å². The molecule has 1 nitrogen and oxygen atoms in total. The second kappa shape index (κ2) is 5.61. The van der Waals surface area contributed by atoms with Gasteiger partial charge in [0.15, 0.2) is 0 Å². The number of hydrogen-bond donors (Lipinski definition) is 1. The van der Waals surface area contributed by atoms with Crippen LogP contribution in [0.25, 0.3) is 0 Å². The molecule has 1 unspecified atom stereocenters. The molecule has 1 aromatic rings. The Labute approximate surface area is 88.6 Å². The van der Waals surface area contributed by atoms with Crippen LogP contribution in [0.5, 0.6) is 0 Å². The summed E-state index contributed by atoms with van der Waals surface area (Å²) in [4.78, 5) is 0. The fourth-order valence-corrected chi connectivity index (χ4v) is 1.49. The van der Waals surface area contributed by atoms with E-state index in [4.69, 9.17) is 5.73 Å². The third-order valence-electron chi connectivity index (χ3n) is 2.29. The van der Waals surface area contributed by atoms with Gasteiger partial charge in [-0.3, -0.25) is 0 Å². The summed E-state index contributed by atoms with van der Waals surface area (Å²) in [6.07, 6.45) is 3.93. The summed E-state index contributed by atoms with van der Waals surface area (Å²) < 4.78 is 26.5. The molecule has 15 heavy (non-hydrogen) atoms. The summed E-state index contributed by atoms with van der Waals surface area (Å²) in [6, 6.07) is 3.22. The van der Waals surface area contributed by atoms with Gasteiger partial charge in [-0.2, -0.15) is 0 Å². The lowest BCUT2D eigenvalue weighted by Crippen LogP contribution is -2.14. The van der Waals surface area contributed by atoms with Crippen molar-refractivity contribution in [2.45, 2.75) is 25.3 Å². The second-order valence-electron chi connectivity index (χ2n) is 3.46. The van der Waals surface area contributed by atoms with E-state index in [0.717, 1.165) is 12.8 Å². The fourth-order valence-electron chi connectivity index (χ4n) is 1.49. The first-order chi connectivity index (χ1) is 7.16. The molecule has 0 fully saturated rings. The van der Waals surface area contributed by atoms with E-state index in [9.17, 15) is 8.78 Å². The van der Waals surface area contributed by atoms with E-state index in [-0.39, 0.29) is 5.56 Å². The standard InChI is InChI=1S/C12H15F2N/c1-2-3-4-8-11(15)12-9(13)6-5-7-10(12)14/h2,5-7,11H,1,3-4,8,15H2. The third kappa shape index (κ3) is 3.13. The average Bonchev–Trinajstić information content (AvgIpc) is 2.18. The van der Waals surface area contributed by atoms with Crippen molar-refractivity contribution < 1.29 is 8.78 Å². The van der Waals surface area contributed by atoms with Crippen molar-refractivity contribution in [3.05, 3.63) is 48.1 Å². The van der Waals surface area contributed by atoms with Crippen molar-refractivity contribution >= 4 is 0 Å². The molecule has 2 N–H and O–H groups in total. The van der Waals surface area contributed by atoms with Crippen LogP contribution in [0.4, 0.5) is 8.78 Å². The van der Waals surface area contributed by atoms with E-state index < -0.39 is 17.7 Å². The highest BCUT2D eigenvalue weighted by Crippen LogP contribution is 2.22. The van der Waals surface area contributed by atoms with Gasteiger partial charge in [0.25, 0.3) is 0 Å². The highest BCUT2D eigenvalue weighted by molar-refractivity contribution is 5.22. The van der Waals surface area contributed by atoms with Gasteiger partial charge in [-0.15, -0.1) is 6.58 Å². The smallest absolute Gasteiger partial charge is 0.130 e. The summed E-state index contributed by atoms with van der Waals surface area (Å²) in [5.41, 5.74) is 5.71. The van der Waals surface area contributed by atoms with Crippen molar-refractivity contribution in [1.29, 1.82) is 0 Å². The van der Waals surface area contributed by atoms with Crippen LogP contribution >= 0.6 is 0 Å². The van der Waals surface area contributed by atoms with Gasteiger partial charge in [0.05, 0.1) is 0 Å². The maximum absolute atomic E-state index is 13.3. The van der Waals surface area contributed by atoms with E-state index in [1.165, 1.54) is 18.2 Å². The molecule has 0 aliphatic rings. The van der Waals surface area contributed by atoms with Crippen LogP contribution in [0.1, 0.15) is 30.9 Å². The summed E-state index contributed by atoms with van der Waals surface area (Å²) in [6.45, 7) is 3.58. The molecular weight excluding hydrogens is 196 g/mol. The van der Waals surface area contributed by atoms with Gasteiger partial charge >= 0.3 is 0 Å². The number of benzene rings is 1. The molecule has 1 atom stereocenters. The summed E-state index contributed by atoms with van der Waals surface area (Å²) in [5, 5.41) is 0. The maximum Gasteiger partial charge on any atom is 0.130 e. The normalized spacial score (nSPS) is 12.5. The molecule has 1 rings (SSSR count). The van der Waals surface area contributed by atoms with Crippen LogP contribution in [-0.2, 0) is 0 Å². The number of allylic oxidation sites excluding steroid dienone is 1. The van der Waals surface area contributed by atoms with Crippen molar-refractivity contribution in [2.75, 3.05) is 0 Å². The monoisotopic (exact) mass is 211 g/mol. The Bertz CT molecular complexity index is 316. The third-order valence-corrected chi connectivity index (χ3v) is 2.29. The molecule has 0 saturated carbocycles. The first kappa shape index (κ1) is 11.9. The SMILES string of the molecule is C=CCCCC(N)c1c(F)cccc1F. The maximum atomic E-state index is 13.3. The Balaban J connectivity index is 2.72. The van der Waals surface area contributed by atoms with Crippen LogP contribution in [0.2, 0.25) is 0 Å². The predicted octanol–water partition coefficient (Wildman–Crippen LogP) is 3.32. The minimum Gasteiger partial charge on any atom is -0.324 e. The Morgan fingerprint density at radius 1 is 1.33 bits per heavy atom. The van der Waals surface area contributed by atoms with Crippen LogP contribution in [0.3, 0.4) is 0 Å². The zero-order chi connectivity index (χ0) is 11.3. The van der Waals surface area contributed by atoms with E-state index in [2.05, 4.69) is 6.58 Å². The minimum absolute atomic E-state index is 0.0124. The van der Waals surface area contributed by atoms with Gasteiger partial charge in [0.2, 0.25) is 0 Å². The topological polar surface area (TPSA) is 26.0 Å². The molecule has 82 valence electrons. The predicted molar refractivity (Wildman–Crippen MR) is 57.3 cm³/mol. The molecule has 0 aliphatic heterocycles.